The zero-order chi connectivity index (χ0) is 13.9. The van der Waals surface area contributed by atoms with Crippen LogP contribution in [-0.2, 0) is 4.74 Å². The number of nitrogens with two attached hydrogens (primary N) is 1. The first kappa shape index (κ1) is 15.3. The minimum absolute atomic E-state index is 0.0199. The normalized spacial score (nSPS) is 27.2. The van der Waals surface area contributed by atoms with E-state index in [9.17, 15) is 0 Å². The van der Waals surface area contributed by atoms with Gasteiger partial charge in [-0.1, -0.05) is 26.7 Å². The minimum Gasteiger partial charge on any atom is -0.374 e. The van der Waals surface area contributed by atoms with Crippen LogP contribution in [-0.4, -0.2) is 18.2 Å². The fourth-order valence-corrected chi connectivity index (χ4v) is 3.54. The molecular formula is C16H32N2O. The van der Waals surface area contributed by atoms with Crippen molar-refractivity contribution in [2.24, 2.45) is 17.2 Å². The molecular weight excluding hydrogens is 236 g/mol. The fourth-order valence-electron chi connectivity index (χ4n) is 3.54. The summed E-state index contributed by atoms with van der Waals surface area (Å²) in [7, 11) is 0. The minimum atomic E-state index is -0.0199. The van der Waals surface area contributed by atoms with E-state index < -0.39 is 0 Å². The first-order chi connectivity index (χ1) is 9.01. The lowest BCUT2D eigenvalue weighted by Crippen LogP contribution is -2.57. The summed E-state index contributed by atoms with van der Waals surface area (Å²) in [4.78, 5) is 0. The summed E-state index contributed by atoms with van der Waals surface area (Å²) in [5.41, 5.74) is 3.53. The van der Waals surface area contributed by atoms with E-state index in [1.54, 1.807) is 0 Å². The Bertz CT molecular complexity index is 276. The Labute approximate surface area is 118 Å². The number of rotatable bonds is 7. The van der Waals surface area contributed by atoms with E-state index in [0.29, 0.717) is 11.5 Å². The van der Waals surface area contributed by atoms with Gasteiger partial charge in [-0.25, -0.2) is 0 Å². The van der Waals surface area contributed by atoms with Crippen LogP contribution in [0.25, 0.3) is 0 Å². The maximum atomic E-state index is 6.23. The number of ether oxygens (including phenoxy) is 1. The molecule has 1 unspecified atom stereocenters. The molecule has 0 amide bonds. The average molecular weight is 268 g/mol. The second-order valence-corrected chi connectivity index (χ2v) is 7.40. The van der Waals surface area contributed by atoms with Gasteiger partial charge in [0, 0.05) is 6.61 Å². The number of hydrazine groups is 1. The highest BCUT2D eigenvalue weighted by atomic mass is 16.5. The zero-order valence-corrected chi connectivity index (χ0v) is 13.0. The molecule has 3 N–H and O–H groups in total. The molecule has 2 fully saturated rings. The highest BCUT2D eigenvalue weighted by Gasteiger charge is 2.44. The maximum Gasteiger partial charge on any atom is 0.0848 e. The van der Waals surface area contributed by atoms with Crippen LogP contribution < -0.4 is 11.3 Å². The molecule has 3 nitrogen and oxygen atoms in total. The molecule has 1 atom stereocenters. The van der Waals surface area contributed by atoms with Gasteiger partial charge in [-0.15, -0.1) is 0 Å². The van der Waals surface area contributed by atoms with Gasteiger partial charge in [-0.3, -0.25) is 11.3 Å². The molecule has 2 aliphatic carbocycles. The molecule has 0 aromatic heterocycles. The van der Waals surface area contributed by atoms with Crippen LogP contribution in [0.3, 0.4) is 0 Å². The quantitative estimate of drug-likeness (QED) is 0.549. The van der Waals surface area contributed by atoms with E-state index in [-0.39, 0.29) is 5.60 Å². The van der Waals surface area contributed by atoms with Crippen LogP contribution in [0.4, 0.5) is 0 Å². The molecule has 19 heavy (non-hydrogen) atoms. The van der Waals surface area contributed by atoms with Gasteiger partial charge >= 0.3 is 0 Å². The van der Waals surface area contributed by atoms with Crippen molar-refractivity contribution >= 4 is 0 Å². The highest BCUT2D eigenvalue weighted by molar-refractivity contribution is 4.98. The van der Waals surface area contributed by atoms with Gasteiger partial charge in [-0.2, -0.15) is 0 Å². The van der Waals surface area contributed by atoms with Gasteiger partial charge in [0.1, 0.15) is 0 Å². The van der Waals surface area contributed by atoms with Crippen LogP contribution in [0.15, 0.2) is 0 Å². The van der Waals surface area contributed by atoms with Crippen molar-refractivity contribution in [3.63, 3.8) is 0 Å². The monoisotopic (exact) mass is 268 g/mol. The van der Waals surface area contributed by atoms with Gasteiger partial charge in [-0.05, 0) is 56.8 Å². The summed E-state index contributed by atoms with van der Waals surface area (Å²) in [5, 5.41) is 0. The molecule has 3 heteroatoms. The second-order valence-electron chi connectivity index (χ2n) is 7.40. The Morgan fingerprint density at radius 2 is 1.84 bits per heavy atom. The predicted octanol–water partition coefficient (Wildman–Crippen LogP) is 3.38. The highest BCUT2D eigenvalue weighted by Crippen LogP contribution is 2.45. The molecule has 2 saturated carbocycles. The van der Waals surface area contributed by atoms with Crippen molar-refractivity contribution in [3.8, 4) is 0 Å². The van der Waals surface area contributed by atoms with Gasteiger partial charge in [0.15, 0.2) is 0 Å². The van der Waals surface area contributed by atoms with Crippen molar-refractivity contribution < 1.29 is 4.74 Å². The Hall–Kier alpha value is -0.120. The molecule has 0 saturated heterocycles. The van der Waals surface area contributed by atoms with Crippen molar-refractivity contribution in [1.82, 2.24) is 5.43 Å². The molecule has 2 rings (SSSR count). The van der Waals surface area contributed by atoms with E-state index in [4.69, 9.17) is 10.6 Å². The fraction of sp³-hybridized carbons (Fsp3) is 1.00. The third-order valence-electron chi connectivity index (χ3n) is 5.28. The van der Waals surface area contributed by atoms with E-state index in [0.717, 1.165) is 25.4 Å². The smallest absolute Gasteiger partial charge is 0.0848 e. The van der Waals surface area contributed by atoms with E-state index in [1.807, 2.05) is 0 Å². The van der Waals surface area contributed by atoms with Gasteiger partial charge < -0.3 is 4.74 Å². The SMILES string of the molecule is CCOC1(C(CCC2CC2)NN)CCC(C)(C)CC1. The lowest BCUT2D eigenvalue weighted by Gasteiger charge is -2.47. The lowest BCUT2D eigenvalue weighted by molar-refractivity contribution is -0.108. The number of nitrogens with one attached hydrogen (secondary N) is 1. The third-order valence-corrected chi connectivity index (χ3v) is 5.28. The first-order valence-electron chi connectivity index (χ1n) is 8.11. The molecule has 2 aliphatic rings. The molecule has 112 valence electrons. The summed E-state index contributed by atoms with van der Waals surface area (Å²) < 4.78 is 6.23. The lowest BCUT2D eigenvalue weighted by atomic mass is 9.68. The first-order valence-corrected chi connectivity index (χ1v) is 8.11. The Morgan fingerprint density at radius 3 is 2.32 bits per heavy atom. The van der Waals surface area contributed by atoms with Crippen molar-refractivity contribution in [3.05, 3.63) is 0 Å². The van der Waals surface area contributed by atoms with Crippen LogP contribution >= 0.6 is 0 Å². The van der Waals surface area contributed by atoms with E-state index >= 15 is 0 Å². The van der Waals surface area contributed by atoms with E-state index in [2.05, 4.69) is 26.2 Å². The summed E-state index contributed by atoms with van der Waals surface area (Å²) in [6.07, 6.45) is 10.1. The van der Waals surface area contributed by atoms with Gasteiger partial charge in [0.05, 0.1) is 11.6 Å². The van der Waals surface area contributed by atoms with Crippen LogP contribution in [0.5, 0.6) is 0 Å². The number of hydrogen-bond donors (Lipinski definition) is 2. The van der Waals surface area contributed by atoms with Crippen LogP contribution in [0, 0.1) is 11.3 Å². The molecule has 0 heterocycles. The van der Waals surface area contributed by atoms with Crippen molar-refractivity contribution in [2.45, 2.75) is 83.8 Å². The Morgan fingerprint density at radius 1 is 1.21 bits per heavy atom. The summed E-state index contributed by atoms with van der Waals surface area (Å²) in [6.45, 7) is 7.65. The standard InChI is InChI=1S/C16H32N2O/c1-4-19-16(11-9-15(2,3)10-12-16)14(18-17)8-7-13-5-6-13/h13-14,18H,4-12,17H2,1-3H3. The Kier molecular flexibility index (Phi) is 4.91. The average Bonchev–Trinajstić information content (AvgIpc) is 3.18. The zero-order valence-electron chi connectivity index (χ0n) is 13.0. The maximum absolute atomic E-state index is 6.23. The largest absolute Gasteiger partial charge is 0.374 e. The van der Waals surface area contributed by atoms with E-state index in [1.165, 1.54) is 38.5 Å². The molecule has 0 bridgehead atoms. The molecule has 0 spiro atoms. The third kappa shape index (κ3) is 3.93. The number of hydrogen-bond acceptors (Lipinski definition) is 3. The van der Waals surface area contributed by atoms with Crippen molar-refractivity contribution in [1.29, 1.82) is 0 Å². The predicted molar refractivity (Wildman–Crippen MR) is 79.7 cm³/mol. The van der Waals surface area contributed by atoms with Crippen LogP contribution in [0.1, 0.15) is 72.1 Å². The summed E-state index contributed by atoms with van der Waals surface area (Å²) >= 11 is 0. The molecule has 0 aromatic carbocycles. The molecule has 0 aliphatic heterocycles. The summed E-state index contributed by atoms with van der Waals surface area (Å²) in [6, 6.07) is 0.323. The molecule has 0 radical (unpaired) electrons. The topological polar surface area (TPSA) is 47.3 Å². The molecule has 0 aromatic rings. The Balaban J connectivity index is 1.98. The van der Waals surface area contributed by atoms with Gasteiger partial charge in [0.2, 0.25) is 0 Å². The van der Waals surface area contributed by atoms with Crippen molar-refractivity contribution in [2.75, 3.05) is 6.61 Å². The van der Waals surface area contributed by atoms with Crippen LogP contribution in [0.2, 0.25) is 0 Å². The van der Waals surface area contributed by atoms with Gasteiger partial charge in [0.25, 0.3) is 0 Å². The summed E-state index contributed by atoms with van der Waals surface area (Å²) in [5.74, 6) is 6.83. The second kappa shape index (κ2) is 6.11.